The maximum absolute atomic E-state index is 5.75. The van der Waals surface area contributed by atoms with Gasteiger partial charge in [0.1, 0.15) is 0 Å². The van der Waals surface area contributed by atoms with Crippen molar-refractivity contribution in [2.45, 2.75) is 39.2 Å². The van der Waals surface area contributed by atoms with Crippen molar-refractivity contribution in [1.82, 2.24) is 10.2 Å². The van der Waals surface area contributed by atoms with Gasteiger partial charge in [-0.1, -0.05) is 13.8 Å². The summed E-state index contributed by atoms with van der Waals surface area (Å²) in [6, 6.07) is 0.608. The minimum atomic E-state index is 0.597. The SMILES string of the molecule is CCCNC(N)=NCC1CCCN1CC. The van der Waals surface area contributed by atoms with Crippen molar-refractivity contribution < 1.29 is 0 Å². The second-order valence-electron chi connectivity index (χ2n) is 4.08. The number of rotatable bonds is 5. The zero-order valence-corrected chi connectivity index (χ0v) is 10.00. The van der Waals surface area contributed by atoms with Crippen molar-refractivity contribution in [3.8, 4) is 0 Å². The molecule has 0 spiro atoms. The van der Waals surface area contributed by atoms with E-state index in [1.54, 1.807) is 0 Å². The van der Waals surface area contributed by atoms with Crippen LogP contribution < -0.4 is 11.1 Å². The third-order valence-electron chi connectivity index (χ3n) is 2.93. The van der Waals surface area contributed by atoms with E-state index < -0.39 is 0 Å². The van der Waals surface area contributed by atoms with E-state index in [0.717, 1.165) is 26.1 Å². The Bertz CT molecular complexity index is 203. The number of guanidine groups is 1. The first kappa shape index (κ1) is 12.3. The topological polar surface area (TPSA) is 53.6 Å². The second kappa shape index (κ2) is 6.67. The van der Waals surface area contributed by atoms with Gasteiger partial charge in [-0.15, -0.1) is 0 Å². The summed E-state index contributed by atoms with van der Waals surface area (Å²) in [5, 5.41) is 3.10. The molecule has 1 aliphatic rings. The molecule has 1 rings (SSSR count). The third-order valence-corrected chi connectivity index (χ3v) is 2.93. The highest BCUT2D eigenvalue weighted by Crippen LogP contribution is 2.16. The number of hydrogen-bond acceptors (Lipinski definition) is 2. The van der Waals surface area contributed by atoms with Gasteiger partial charge in [0, 0.05) is 12.6 Å². The van der Waals surface area contributed by atoms with Crippen molar-refractivity contribution in [3.05, 3.63) is 0 Å². The minimum absolute atomic E-state index is 0.597. The van der Waals surface area contributed by atoms with Crippen LogP contribution in [0, 0.1) is 0 Å². The van der Waals surface area contributed by atoms with Crippen molar-refractivity contribution >= 4 is 5.96 Å². The van der Waals surface area contributed by atoms with Gasteiger partial charge in [0.25, 0.3) is 0 Å². The molecule has 0 aromatic rings. The van der Waals surface area contributed by atoms with E-state index in [1.165, 1.54) is 19.4 Å². The maximum atomic E-state index is 5.75. The summed E-state index contributed by atoms with van der Waals surface area (Å²) in [4.78, 5) is 6.87. The molecule has 0 aromatic heterocycles. The number of nitrogens with one attached hydrogen (secondary N) is 1. The second-order valence-corrected chi connectivity index (χ2v) is 4.08. The van der Waals surface area contributed by atoms with Crippen molar-refractivity contribution in [1.29, 1.82) is 0 Å². The van der Waals surface area contributed by atoms with Crippen LogP contribution in [-0.4, -0.2) is 43.1 Å². The predicted molar refractivity (Wildman–Crippen MR) is 65.1 cm³/mol. The van der Waals surface area contributed by atoms with Gasteiger partial charge >= 0.3 is 0 Å². The molecule has 0 bridgehead atoms. The predicted octanol–water partition coefficient (Wildman–Crippen LogP) is 0.785. The molecule has 0 saturated carbocycles. The molecule has 15 heavy (non-hydrogen) atoms. The van der Waals surface area contributed by atoms with Gasteiger partial charge in [-0.05, 0) is 32.4 Å². The van der Waals surface area contributed by atoms with E-state index in [9.17, 15) is 0 Å². The highest BCUT2D eigenvalue weighted by atomic mass is 15.2. The molecule has 0 radical (unpaired) electrons. The summed E-state index contributed by atoms with van der Waals surface area (Å²) in [7, 11) is 0. The van der Waals surface area contributed by atoms with E-state index in [-0.39, 0.29) is 0 Å². The van der Waals surface area contributed by atoms with Gasteiger partial charge in [-0.3, -0.25) is 9.89 Å². The highest BCUT2D eigenvalue weighted by molar-refractivity contribution is 5.77. The standard InChI is InChI=1S/C11H24N4/c1-3-7-13-11(12)14-9-10-6-5-8-15(10)4-2/h10H,3-9H2,1-2H3,(H3,12,13,14). The Morgan fingerprint density at radius 2 is 2.33 bits per heavy atom. The Hall–Kier alpha value is -0.770. The smallest absolute Gasteiger partial charge is 0.188 e. The average Bonchev–Trinajstić information content (AvgIpc) is 2.70. The Labute approximate surface area is 92.9 Å². The molecule has 1 aliphatic heterocycles. The molecular weight excluding hydrogens is 188 g/mol. The average molecular weight is 212 g/mol. The molecule has 0 aliphatic carbocycles. The van der Waals surface area contributed by atoms with Crippen LogP contribution in [0.2, 0.25) is 0 Å². The molecule has 3 N–H and O–H groups in total. The van der Waals surface area contributed by atoms with Crippen molar-refractivity contribution in [3.63, 3.8) is 0 Å². The summed E-state index contributed by atoms with van der Waals surface area (Å²) >= 11 is 0. The lowest BCUT2D eigenvalue weighted by atomic mass is 10.2. The van der Waals surface area contributed by atoms with Crippen LogP contribution >= 0.6 is 0 Å². The highest BCUT2D eigenvalue weighted by Gasteiger charge is 2.22. The molecule has 1 fully saturated rings. The van der Waals surface area contributed by atoms with Crippen molar-refractivity contribution in [2.24, 2.45) is 10.7 Å². The molecular formula is C11H24N4. The fourth-order valence-corrected chi connectivity index (χ4v) is 2.03. The summed E-state index contributed by atoms with van der Waals surface area (Å²) < 4.78 is 0. The van der Waals surface area contributed by atoms with Gasteiger partial charge in [0.05, 0.1) is 6.54 Å². The largest absolute Gasteiger partial charge is 0.370 e. The number of likely N-dealkylation sites (tertiary alicyclic amines) is 1. The quantitative estimate of drug-likeness (QED) is 0.523. The first-order valence-corrected chi connectivity index (χ1v) is 6.05. The van der Waals surface area contributed by atoms with E-state index in [4.69, 9.17) is 5.73 Å². The summed E-state index contributed by atoms with van der Waals surface area (Å²) in [6.45, 7) is 8.44. The molecule has 4 heteroatoms. The molecule has 0 amide bonds. The maximum Gasteiger partial charge on any atom is 0.188 e. The van der Waals surface area contributed by atoms with Gasteiger partial charge in [-0.2, -0.15) is 0 Å². The van der Waals surface area contributed by atoms with Gasteiger partial charge in [0.15, 0.2) is 5.96 Å². The zero-order valence-electron chi connectivity index (χ0n) is 10.00. The Kier molecular flexibility index (Phi) is 5.47. The molecule has 1 heterocycles. The summed E-state index contributed by atoms with van der Waals surface area (Å²) in [5.41, 5.74) is 5.75. The van der Waals surface area contributed by atoms with Gasteiger partial charge < -0.3 is 11.1 Å². The fourth-order valence-electron chi connectivity index (χ4n) is 2.03. The van der Waals surface area contributed by atoms with Crippen LogP contribution in [-0.2, 0) is 0 Å². The van der Waals surface area contributed by atoms with Crippen LogP contribution in [0.1, 0.15) is 33.1 Å². The molecule has 88 valence electrons. The number of aliphatic imine (C=N–C) groups is 1. The summed E-state index contributed by atoms with van der Waals surface area (Å²) in [5.74, 6) is 0.597. The molecule has 1 saturated heterocycles. The Morgan fingerprint density at radius 3 is 3.00 bits per heavy atom. The monoisotopic (exact) mass is 212 g/mol. The molecule has 1 atom stereocenters. The first-order valence-electron chi connectivity index (χ1n) is 6.05. The minimum Gasteiger partial charge on any atom is -0.370 e. The molecule has 0 aromatic carbocycles. The van der Waals surface area contributed by atoms with E-state index in [1.807, 2.05) is 0 Å². The van der Waals surface area contributed by atoms with Crippen molar-refractivity contribution in [2.75, 3.05) is 26.2 Å². The van der Waals surface area contributed by atoms with E-state index in [0.29, 0.717) is 12.0 Å². The summed E-state index contributed by atoms with van der Waals surface area (Å²) in [6.07, 6.45) is 3.65. The van der Waals surface area contributed by atoms with Crippen LogP contribution in [0.3, 0.4) is 0 Å². The van der Waals surface area contributed by atoms with Crippen LogP contribution in [0.5, 0.6) is 0 Å². The lowest BCUT2D eigenvalue weighted by Gasteiger charge is -2.20. The molecule has 4 nitrogen and oxygen atoms in total. The van der Waals surface area contributed by atoms with Gasteiger partial charge in [-0.25, -0.2) is 0 Å². The number of nitrogens with two attached hydrogens (primary N) is 1. The van der Waals surface area contributed by atoms with Gasteiger partial charge in [0.2, 0.25) is 0 Å². The number of likely N-dealkylation sites (N-methyl/N-ethyl adjacent to an activating group) is 1. The molecule has 1 unspecified atom stereocenters. The number of nitrogens with zero attached hydrogens (tertiary/aromatic N) is 2. The lowest BCUT2D eigenvalue weighted by Crippen LogP contribution is -2.36. The fraction of sp³-hybridized carbons (Fsp3) is 0.909. The van der Waals surface area contributed by atoms with Crippen LogP contribution in [0.4, 0.5) is 0 Å². The Morgan fingerprint density at radius 1 is 1.53 bits per heavy atom. The number of hydrogen-bond donors (Lipinski definition) is 2. The first-order chi connectivity index (χ1) is 7.27. The van der Waals surface area contributed by atoms with Crippen LogP contribution in [0.15, 0.2) is 4.99 Å². The zero-order chi connectivity index (χ0) is 11.1. The van der Waals surface area contributed by atoms with E-state index in [2.05, 4.69) is 29.1 Å². The third kappa shape index (κ3) is 4.08. The lowest BCUT2D eigenvalue weighted by molar-refractivity contribution is 0.273. The Balaban J connectivity index is 2.28. The van der Waals surface area contributed by atoms with E-state index >= 15 is 0 Å². The normalized spacial score (nSPS) is 23.3. The van der Waals surface area contributed by atoms with Crippen LogP contribution in [0.25, 0.3) is 0 Å².